The van der Waals surface area contributed by atoms with Crippen molar-refractivity contribution in [1.82, 2.24) is 5.32 Å². The lowest BCUT2D eigenvalue weighted by Crippen LogP contribution is -2.48. The Labute approximate surface area is 262 Å². The molecule has 2 heterocycles. The summed E-state index contributed by atoms with van der Waals surface area (Å²) >= 11 is 0. The summed E-state index contributed by atoms with van der Waals surface area (Å²) < 4.78 is 14.5. The lowest BCUT2D eigenvalue weighted by atomic mass is 9.89. The third-order valence-electron chi connectivity index (χ3n) is 9.17. The number of benzene rings is 4. The van der Waals surface area contributed by atoms with Crippen molar-refractivity contribution in [2.75, 3.05) is 22.9 Å². The van der Waals surface area contributed by atoms with Crippen molar-refractivity contribution in [2.24, 2.45) is 5.92 Å². The monoisotopic (exact) mass is 602 g/mol. The maximum absolute atomic E-state index is 14.5. The number of nitriles is 1. The molecular weight excluding hydrogens is 567 g/mol. The van der Waals surface area contributed by atoms with Crippen LogP contribution in [0.5, 0.6) is 0 Å². The van der Waals surface area contributed by atoms with Gasteiger partial charge < -0.3 is 4.90 Å². The lowest BCUT2D eigenvalue weighted by molar-refractivity contribution is -0.126. The molecule has 0 aliphatic carbocycles. The van der Waals surface area contributed by atoms with Gasteiger partial charge in [0, 0.05) is 24.0 Å². The van der Waals surface area contributed by atoms with Gasteiger partial charge in [-0.15, -0.1) is 0 Å². The maximum atomic E-state index is 14.5. The second kappa shape index (κ2) is 12.9. The Morgan fingerprint density at radius 3 is 2.47 bits per heavy atom. The summed E-state index contributed by atoms with van der Waals surface area (Å²) in [7, 11) is 0. The number of carbonyl (C=O) groups is 3. The highest BCUT2D eigenvalue weighted by Gasteiger charge is 2.38. The van der Waals surface area contributed by atoms with Crippen molar-refractivity contribution in [3.8, 4) is 6.07 Å². The van der Waals surface area contributed by atoms with Gasteiger partial charge in [0.2, 0.25) is 12.3 Å². The van der Waals surface area contributed by atoms with Crippen LogP contribution in [0.1, 0.15) is 65.2 Å². The number of nitrogens with zero attached hydrogens (tertiary/aromatic N) is 3. The van der Waals surface area contributed by atoms with E-state index in [1.165, 1.54) is 17.2 Å². The molecular formula is C37H35FN4O3. The first-order valence-corrected chi connectivity index (χ1v) is 15.6. The van der Waals surface area contributed by atoms with E-state index < -0.39 is 11.9 Å². The SMILES string of the molecule is CCCC(C(=O)NC=O)N1C(=O)c2cccc3c(Cc4ccc(CC5CCN(c6ccc(C#N)cc6F)CC5)cc4)ccc1c23. The van der Waals surface area contributed by atoms with Gasteiger partial charge in [-0.25, -0.2) is 4.39 Å². The number of piperidine rings is 1. The Morgan fingerprint density at radius 2 is 1.78 bits per heavy atom. The number of nitrogens with one attached hydrogen (secondary N) is 1. The van der Waals surface area contributed by atoms with E-state index >= 15 is 0 Å². The summed E-state index contributed by atoms with van der Waals surface area (Å²) in [6, 6.07) is 24.3. The fraction of sp³-hybridized carbons (Fsp3) is 0.297. The summed E-state index contributed by atoms with van der Waals surface area (Å²) in [6.07, 6.45) is 5.14. The van der Waals surface area contributed by atoms with Crippen molar-refractivity contribution in [2.45, 2.75) is 51.5 Å². The van der Waals surface area contributed by atoms with Gasteiger partial charge in [0.05, 0.1) is 23.0 Å². The van der Waals surface area contributed by atoms with E-state index in [4.69, 9.17) is 5.26 Å². The molecule has 1 atom stereocenters. The highest BCUT2D eigenvalue weighted by atomic mass is 19.1. The quantitative estimate of drug-likeness (QED) is 0.215. The topological polar surface area (TPSA) is 93.5 Å². The molecule has 7 nitrogen and oxygen atoms in total. The molecule has 45 heavy (non-hydrogen) atoms. The first-order valence-electron chi connectivity index (χ1n) is 15.6. The van der Waals surface area contributed by atoms with Crippen LogP contribution in [0.15, 0.2) is 72.8 Å². The molecule has 4 aromatic rings. The van der Waals surface area contributed by atoms with Gasteiger partial charge in [0.1, 0.15) is 11.9 Å². The molecule has 3 amide bonds. The molecule has 2 aliphatic rings. The van der Waals surface area contributed by atoms with Crippen LogP contribution in [0, 0.1) is 23.1 Å². The maximum Gasteiger partial charge on any atom is 0.259 e. The lowest BCUT2D eigenvalue weighted by Gasteiger charge is -2.34. The number of halogens is 1. The smallest absolute Gasteiger partial charge is 0.259 e. The van der Waals surface area contributed by atoms with Crippen LogP contribution < -0.4 is 15.1 Å². The molecule has 1 N–H and O–H groups in total. The standard InChI is InChI=1S/C37H35FN4O3/c1-2-4-34(36(44)40-23-43)42-33-14-12-28(29-5-3-6-30(35(29)33)37(42)45)20-25-9-7-24(8-10-25)19-26-15-17-41(18-16-26)32-13-11-27(22-39)21-31(32)38/h3,5-14,21,23,26,34H,2,4,15-20H2,1H3,(H,40,43,44). The molecule has 8 heteroatoms. The fourth-order valence-corrected chi connectivity index (χ4v) is 6.89. The van der Waals surface area contributed by atoms with E-state index in [2.05, 4.69) is 34.5 Å². The zero-order valence-corrected chi connectivity index (χ0v) is 25.3. The molecule has 1 unspecified atom stereocenters. The van der Waals surface area contributed by atoms with Crippen LogP contribution in [0.3, 0.4) is 0 Å². The first kappa shape index (κ1) is 30.0. The number of imide groups is 1. The molecule has 0 saturated carbocycles. The normalized spacial score (nSPS) is 15.3. The summed E-state index contributed by atoms with van der Waals surface area (Å²) in [6.45, 7) is 3.53. The van der Waals surface area contributed by atoms with Crippen LogP contribution in [-0.4, -0.2) is 37.4 Å². The van der Waals surface area contributed by atoms with E-state index in [9.17, 15) is 18.8 Å². The van der Waals surface area contributed by atoms with Crippen LogP contribution >= 0.6 is 0 Å². The van der Waals surface area contributed by atoms with E-state index in [1.807, 2.05) is 37.3 Å². The molecule has 0 bridgehead atoms. The van der Waals surface area contributed by atoms with Gasteiger partial charge in [0.25, 0.3) is 5.91 Å². The third-order valence-corrected chi connectivity index (χ3v) is 9.17. The number of rotatable bonds is 10. The molecule has 6 rings (SSSR count). The van der Waals surface area contributed by atoms with Gasteiger partial charge in [-0.1, -0.05) is 55.8 Å². The Bertz CT molecular complexity index is 1810. The molecule has 1 saturated heterocycles. The number of hydrogen-bond donors (Lipinski definition) is 1. The average molecular weight is 603 g/mol. The molecule has 0 aromatic heterocycles. The minimum atomic E-state index is -0.758. The summed E-state index contributed by atoms with van der Waals surface area (Å²) in [5, 5.41) is 13.1. The number of amides is 3. The molecule has 2 aliphatic heterocycles. The van der Waals surface area contributed by atoms with Crippen LogP contribution in [0.25, 0.3) is 10.8 Å². The van der Waals surface area contributed by atoms with Crippen molar-refractivity contribution in [1.29, 1.82) is 5.26 Å². The van der Waals surface area contributed by atoms with Crippen molar-refractivity contribution in [3.63, 3.8) is 0 Å². The number of anilines is 2. The zero-order valence-electron chi connectivity index (χ0n) is 25.3. The van der Waals surface area contributed by atoms with Crippen LogP contribution in [0.2, 0.25) is 0 Å². The van der Waals surface area contributed by atoms with E-state index in [0.29, 0.717) is 54.1 Å². The van der Waals surface area contributed by atoms with Gasteiger partial charge in [-0.2, -0.15) is 5.26 Å². The Hall–Kier alpha value is -5.03. The van der Waals surface area contributed by atoms with Gasteiger partial charge in [-0.3, -0.25) is 24.6 Å². The van der Waals surface area contributed by atoms with Gasteiger partial charge in [-0.05, 0) is 90.4 Å². The highest BCUT2D eigenvalue weighted by Crippen LogP contribution is 2.41. The minimum Gasteiger partial charge on any atom is -0.369 e. The van der Waals surface area contributed by atoms with E-state index in [1.54, 1.807) is 23.1 Å². The molecule has 1 fully saturated rings. The predicted octanol–water partition coefficient (Wildman–Crippen LogP) is 6.30. The van der Waals surface area contributed by atoms with Crippen molar-refractivity contribution < 1.29 is 18.8 Å². The second-order valence-electron chi connectivity index (χ2n) is 12.0. The third kappa shape index (κ3) is 5.91. The van der Waals surface area contributed by atoms with Crippen molar-refractivity contribution >= 4 is 40.4 Å². The highest BCUT2D eigenvalue weighted by molar-refractivity contribution is 6.27. The fourth-order valence-electron chi connectivity index (χ4n) is 6.89. The Morgan fingerprint density at radius 1 is 1.04 bits per heavy atom. The van der Waals surface area contributed by atoms with Gasteiger partial charge >= 0.3 is 0 Å². The average Bonchev–Trinajstić information content (AvgIpc) is 3.34. The predicted molar refractivity (Wildman–Crippen MR) is 173 cm³/mol. The summed E-state index contributed by atoms with van der Waals surface area (Å²) in [4.78, 5) is 40.9. The molecule has 228 valence electrons. The van der Waals surface area contributed by atoms with Gasteiger partial charge in [0.15, 0.2) is 0 Å². The summed E-state index contributed by atoms with van der Waals surface area (Å²) in [5.41, 5.74) is 5.74. The minimum absolute atomic E-state index is 0.218. The van der Waals surface area contributed by atoms with Crippen LogP contribution in [0.4, 0.5) is 15.8 Å². The molecule has 0 radical (unpaired) electrons. The zero-order chi connectivity index (χ0) is 31.5. The molecule has 0 spiro atoms. The number of carbonyl (C=O) groups excluding carboxylic acids is 3. The Kier molecular flexibility index (Phi) is 8.61. The Balaban J connectivity index is 1.14. The van der Waals surface area contributed by atoms with E-state index in [0.717, 1.165) is 48.7 Å². The van der Waals surface area contributed by atoms with Crippen LogP contribution in [-0.2, 0) is 22.4 Å². The van der Waals surface area contributed by atoms with Crippen molar-refractivity contribution in [3.05, 3.63) is 106 Å². The summed E-state index contributed by atoms with van der Waals surface area (Å²) in [5.74, 6) is -0.508. The first-order chi connectivity index (χ1) is 21.9. The number of hydrogen-bond acceptors (Lipinski definition) is 5. The van der Waals surface area contributed by atoms with E-state index in [-0.39, 0.29) is 11.7 Å². The largest absolute Gasteiger partial charge is 0.369 e. The molecule has 4 aromatic carbocycles. The second-order valence-corrected chi connectivity index (χ2v) is 12.0.